The third kappa shape index (κ3) is 4.73. The van der Waals surface area contributed by atoms with Gasteiger partial charge in [-0.15, -0.1) is 11.8 Å². The van der Waals surface area contributed by atoms with E-state index in [4.69, 9.17) is 4.74 Å². The lowest BCUT2D eigenvalue weighted by molar-refractivity contribution is -0.129. The van der Waals surface area contributed by atoms with Gasteiger partial charge in [-0.1, -0.05) is 11.3 Å². The molecule has 9 heteroatoms. The number of carbonyl (C=O) groups is 2. The first-order chi connectivity index (χ1) is 12.5. The maximum Gasteiger partial charge on any atom is 0.413 e. The Labute approximate surface area is 158 Å². The number of hydrogen-bond donors (Lipinski definition) is 1. The second-order valence-electron chi connectivity index (χ2n) is 5.54. The molecule has 1 aromatic carbocycles. The predicted octanol–water partition coefficient (Wildman–Crippen LogP) is 3.53. The van der Waals surface area contributed by atoms with Crippen molar-refractivity contribution in [2.24, 2.45) is 0 Å². The van der Waals surface area contributed by atoms with Gasteiger partial charge in [-0.3, -0.25) is 10.1 Å². The normalized spacial score (nSPS) is 13.2. The maximum absolute atomic E-state index is 12.9. The first-order valence-corrected chi connectivity index (χ1v) is 9.94. The molecule has 1 aliphatic heterocycles. The third-order valence-electron chi connectivity index (χ3n) is 3.74. The third-order valence-corrected chi connectivity index (χ3v) is 5.74. The molecular formula is C17H18FN3O3S2. The van der Waals surface area contributed by atoms with Crippen molar-refractivity contribution in [3.8, 4) is 0 Å². The van der Waals surface area contributed by atoms with Crippen LogP contribution in [0.15, 0.2) is 29.2 Å². The molecule has 1 aliphatic rings. The molecule has 1 N–H and O–H groups in total. The van der Waals surface area contributed by atoms with Crippen LogP contribution in [-0.2, 0) is 22.5 Å². The lowest BCUT2D eigenvalue weighted by Crippen LogP contribution is -2.36. The minimum absolute atomic E-state index is 0.0262. The van der Waals surface area contributed by atoms with E-state index in [1.54, 1.807) is 24.0 Å². The van der Waals surface area contributed by atoms with Gasteiger partial charge in [0, 0.05) is 22.7 Å². The Morgan fingerprint density at radius 1 is 1.38 bits per heavy atom. The number of rotatable bonds is 5. The summed E-state index contributed by atoms with van der Waals surface area (Å²) in [4.78, 5) is 31.9. The fourth-order valence-electron chi connectivity index (χ4n) is 2.48. The van der Waals surface area contributed by atoms with Gasteiger partial charge in [-0.2, -0.15) is 0 Å². The van der Waals surface area contributed by atoms with Crippen LogP contribution in [-0.4, -0.2) is 40.8 Å². The topological polar surface area (TPSA) is 71.5 Å². The number of thioether (sulfide) groups is 1. The van der Waals surface area contributed by atoms with E-state index >= 15 is 0 Å². The van der Waals surface area contributed by atoms with Crippen LogP contribution in [0.2, 0.25) is 0 Å². The minimum Gasteiger partial charge on any atom is -0.450 e. The molecule has 0 radical (unpaired) electrons. The lowest BCUT2D eigenvalue weighted by atomic mass is 10.2. The monoisotopic (exact) mass is 395 g/mol. The van der Waals surface area contributed by atoms with Crippen LogP contribution in [0, 0.1) is 5.82 Å². The molecular weight excluding hydrogens is 377 g/mol. The molecule has 0 aliphatic carbocycles. The van der Waals surface area contributed by atoms with Crippen molar-refractivity contribution in [3.63, 3.8) is 0 Å². The van der Waals surface area contributed by atoms with Gasteiger partial charge >= 0.3 is 6.09 Å². The van der Waals surface area contributed by atoms with Crippen LogP contribution in [0.1, 0.15) is 17.5 Å². The molecule has 138 valence electrons. The van der Waals surface area contributed by atoms with Crippen molar-refractivity contribution in [2.45, 2.75) is 24.8 Å². The summed E-state index contributed by atoms with van der Waals surface area (Å²) in [5.41, 5.74) is 0.914. The molecule has 0 unspecified atom stereocenters. The fourth-order valence-corrected chi connectivity index (χ4v) is 4.29. The van der Waals surface area contributed by atoms with E-state index < -0.39 is 6.09 Å². The largest absolute Gasteiger partial charge is 0.450 e. The van der Waals surface area contributed by atoms with E-state index in [1.165, 1.54) is 35.2 Å². The quantitative estimate of drug-likeness (QED) is 0.785. The van der Waals surface area contributed by atoms with E-state index in [1.807, 2.05) is 0 Å². The van der Waals surface area contributed by atoms with Crippen LogP contribution < -0.4 is 5.32 Å². The summed E-state index contributed by atoms with van der Waals surface area (Å²) in [6.45, 7) is 3.11. The Bertz CT molecular complexity index is 795. The molecule has 2 amide bonds. The number of benzene rings is 1. The molecule has 0 spiro atoms. The van der Waals surface area contributed by atoms with Gasteiger partial charge in [-0.25, -0.2) is 14.2 Å². The molecule has 2 heterocycles. The van der Waals surface area contributed by atoms with Crippen molar-refractivity contribution in [1.82, 2.24) is 9.88 Å². The number of fused-ring (bicyclic) bond motifs is 1. The number of ether oxygens (including phenoxy) is 1. The van der Waals surface area contributed by atoms with E-state index in [9.17, 15) is 14.0 Å². The number of hydrogen-bond acceptors (Lipinski definition) is 6. The number of amides is 2. The van der Waals surface area contributed by atoms with E-state index in [2.05, 4.69) is 10.3 Å². The maximum atomic E-state index is 12.9. The fraction of sp³-hybridized carbons (Fsp3) is 0.353. The molecule has 6 nitrogen and oxygen atoms in total. The average Bonchev–Trinajstić information content (AvgIpc) is 3.02. The highest BCUT2D eigenvalue weighted by molar-refractivity contribution is 8.00. The Morgan fingerprint density at radius 2 is 2.15 bits per heavy atom. The number of anilines is 1. The van der Waals surface area contributed by atoms with E-state index in [-0.39, 0.29) is 11.7 Å². The summed E-state index contributed by atoms with van der Waals surface area (Å²) in [5, 5.41) is 3.09. The van der Waals surface area contributed by atoms with Gasteiger partial charge in [0.05, 0.1) is 24.6 Å². The average molecular weight is 395 g/mol. The summed E-state index contributed by atoms with van der Waals surface area (Å²) < 4.78 is 17.8. The summed E-state index contributed by atoms with van der Waals surface area (Å²) >= 11 is 2.75. The van der Waals surface area contributed by atoms with Gasteiger partial charge in [0.15, 0.2) is 5.13 Å². The van der Waals surface area contributed by atoms with Gasteiger partial charge in [0.2, 0.25) is 5.91 Å². The van der Waals surface area contributed by atoms with Gasteiger partial charge in [0.1, 0.15) is 5.82 Å². The minimum atomic E-state index is -0.526. The van der Waals surface area contributed by atoms with Crippen LogP contribution in [0.5, 0.6) is 0 Å². The SMILES string of the molecule is CCOC(=O)Nc1nc2c(s1)CN(C(=O)CSc1ccc(F)cc1)CC2. The standard InChI is InChI=1S/C17H18FN3O3S2/c1-2-24-17(23)20-16-19-13-7-8-21(9-14(13)26-16)15(22)10-25-12-5-3-11(18)4-6-12/h3-6H,2,7-10H2,1H3,(H,19,20,23). The molecule has 1 aromatic heterocycles. The zero-order chi connectivity index (χ0) is 18.5. The van der Waals surface area contributed by atoms with E-state index in [0.29, 0.717) is 37.0 Å². The van der Waals surface area contributed by atoms with Crippen molar-refractivity contribution in [2.75, 3.05) is 24.2 Å². The lowest BCUT2D eigenvalue weighted by Gasteiger charge is -2.26. The first kappa shape index (κ1) is 18.7. The van der Waals surface area contributed by atoms with Crippen LogP contribution in [0.4, 0.5) is 14.3 Å². The van der Waals surface area contributed by atoms with Gasteiger partial charge in [-0.05, 0) is 31.2 Å². The molecule has 2 aromatic rings. The van der Waals surface area contributed by atoms with Crippen LogP contribution in [0.3, 0.4) is 0 Å². The molecule has 26 heavy (non-hydrogen) atoms. The molecule has 0 saturated heterocycles. The summed E-state index contributed by atoms with van der Waals surface area (Å²) in [5.74, 6) is 0.0354. The Morgan fingerprint density at radius 3 is 2.88 bits per heavy atom. The number of carbonyl (C=O) groups excluding carboxylic acids is 2. The molecule has 0 atom stereocenters. The second-order valence-corrected chi connectivity index (χ2v) is 7.67. The summed E-state index contributed by atoms with van der Waals surface area (Å²) in [7, 11) is 0. The molecule has 3 rings (SSSR count). The highest BCUT2D eigenvalue weighted by Gasteiger charge is 2.24. The predicted molar refractivity (Wildman–Crippen MR) is 99.0 cm³/mol. The first-order valence-electron chi connectivity index (χ1n) is 8.13. The van der Waals surface area contributed by atoms with Crippen molar-refractivity contribution >= 4 is 40.2 Å². The highest BCUT2D eigenvalue weighted by Crippen LogP contribution is 2.29. The Hall–Kier alpha value is -2.13. The van der Waals surface area contributed by atoms with Crippen molar-refractivity contribution < 1.29 is 18.7 Å². The number of nitrogens with one attached hydrogen (secondary N) is 1. The van der Waals surface area contributed by atoms with Gasteiger partial charge < -0.3 is 9.64 Å². The molecule has 0 saturated carbocycles. The van der Waals surface area contributed by atoms with Crippen molar-refractivity contribution in [1.29, 1.82) is 0 Å². The number of nitrogens with zero attached hydrogens (tertiary/aromatic N) is 2. The number of thiazole rings is 1. The molecule has 0 bridgehead atoms. The highest BCUT2D eigenvalue weighted by atomic mass is 32.2. The second kappa shape index (κ2) is 8.50. The smallest absolute Gasteiger partial charge is 0.413 e. The summed E-state index contributed by atoms with van der Waals surface area (Å²) in [6, 6.07) is 6.10. The van der Waals surface area contributed by atoms with Gasteiger partial charge in [0.25, 0.3) is 0 Å². The van der Waals surface area contributed by atoms with E-state index in [0.717, 1.165) is 15.5 Å². The number of halogens is 1. The number of aromatic nitrogens is 1. The Kier molecular flexibility index (Phi) is 6.10. The zero-order valence-electron chi connectivity index (χ0n) is 14.2. The van der Waals surface area contributed by atoms with Crippen LogP contribution in [0.25, 0.3) is 0 Å². The molecule has 0 fully saturated rings. The summed E-state index contributed by atoms with van der Waals surface area (Å²) in [6.07, 6.45) is 0.130. The zero-order valence-corrected chi connectivity index (χ0v) is 15.8. The Balaban J connectivity index is 1.55. The van der Waals surface area contributed by atoms with Crippen LogP contribution >= 0.6 is 23.1 Å². The van der Waals surface area contributed by atoms with Crippen molar-refractivity contribution in [3.05, 3.63) is 40.7 Å².